The van der Waals surface area contributed by atoms with Crippen molar-refractivity contribution in [3.8, 4) is 0 Å². The first kappa shape index (κ1) is 11.4. The number of likely N-dealkylation sites (N-methyl/N-ethyl adjacent to an activating group) is 1. The van der Waals surface area contributed by atoms with Gasteiger partial charge in [0.25, 0.3) is 0 Å². The predicted molar refractivity (Wildman–Crippen MR) is 50.7 cm³/mol. The SMILES string of the molecule is CC(CN)N(C)C(=O)C(C)(C)C. The summed E-state index contributed by atoms with van der Waals surface area (Å²) in [5.41, 5.74) is 5.15. The van der Waals surface area contributed by atoms with E-state index in [-0.39, 0.29) is 17.4 Å². The zero-order chi connectivity index (χ0) is 9.94. The van der Waals surface area contributed by atoms with Crippen molar-refractivity contribution in [3.63, 3.8) is 0 Å². The Kier molecular flexibility index (Phi) is 3.71. The lowest BCUT2D eigenvalue weighted by Crippen LogP contribution is -2.44. The Hall–Kier alpha value is -0.570. The average molecular weight is 172 g/mol. The molecule has 0 rings (SSSR count). The summed E-state index contributed by atoms with van der Waals surface area (Å²) in [6, 6.07) is 0.122. The lowest BCUT2D eigenvalue weighted by molar-refractivity contribution is -0.139. The third kappa shape index (κ3) is 2.81. The van der Waals surface area contributed by atoms with Gasteiger partial charge in [0.2, 0.25) is 5.91 Å². The Balaban J connectivity index is 4.30. The molecular weight excluding hydrogens is 152 g/mol. The fourth-order valence-electron chi connectivity index (χ4n) is 0.887. The van der Waals surface area contributed by atoms with E-state index in [1.54, 1.807) is 11.9 Å². The van der Waals surface area contributed by atoms with Gasteiger partial charge < -0.3 is 10.6 Å². The first-order valence-corrected chi connectivity index (χ1v) is 4.28. The van der Waals surface area contributed by atoms with Crippen LogP contribution in [-0.2, 0) is 4.79 Å². The van der Waals surface area contributed by atoms with Gasteiger partial charge in [0.15, 0.2) is 0 Å². The Morgan fingerprint density at radius 2 is 1.92 bits per heavy atom. The molecule has 1 unspecified atom stereocenters. The second kappa shape index (κ2) is 3.90. The maximum atomic E-state index is 11.6. The Morgan fingerprint density at radius 3 is 2.17 bits per heavy atom. The van der Waals surface area contributed by atoms with Crippen molar-refractivity contribution >= 4 is 5.91 Å². The molecule has 72 valence electrons. The molecule has 2 N–H and O–H groups in total. The topological polar surface area (TPSA) is 46.3 Å². The molecule has 0 aliphatic carbocycles. The molecule has 0 bridgehead atoms. The predicted octanol–water partition coefficient (Wildman–Crippen LogP) is 0.838. The summed E-state index contributed by atoms with van der Waals surface area (Å²) in [6.45, 7) is 8.20. The minimum atomic E-state index is -0.307. The zero-order valence-electron chi connectivity index (χ0n) is 8.72. The summed E-state index contributed by atoms with van der Waals surface area (Å²) < 4.78 is 0. The van der Waals surface area contributed by atoms with E-state index in [0.717, 1.165) is 0 Å². The van der Waals surface area contributed by atoms with Crippen molar-refractivity contribution in [2.75, 3.05) is 13.6 Å². The number of nitrogens with zero attached hydrogens (tertiary/aromatic N) is 1. The van der Waals surface area contributed by atoms with Gasteiger partial charge in [-0.3, -0.25) is 4.79 Å². The number of amides is 1. The third-order valence-corrected chi connectivity index (χ3v) is 1.96. The summed E-state index contributed by atoms with van der Waals surface area (Å²) in [5.74, 6) is 0.139. The van der Waals surface area contributed by atoms with Crippen LogP contribution in [0.1, 0.15) is 27.7 Å². The smallest absolute Gasteiger partial charge is 0.227 e. The fourth-order valence-corrected chi connectivity index (χ4v) is 0.887. The number of hydrogen-bond acceptors (Lipinski definition) is 2. The molecule has 0 radical (unpaired) electrons. The molecular formula is C9H20N2O. The Labute approximate surface area is 74.9 Å². The number of hydrogen-bond donors (Lipinski definition) is 1. The van der Waals surface area contributed by atoms with Crippen LogP contribution in [-0.4, -0.2) is 30.4 Å². The van der Waals surface area contributed by atoms with Gasteiger partial charge in [-0.05, 0) is 6.92 Å². The van der Waals surface area contributed by atoms with Crippen molar-refractivity contribution in [1.82, 2.24) is 4.90 Å². The summed E-state index contributed by atoms with van der Waals surface area (Å²) in [4.78, 5) is 13.3. The maximum Gasteiger partial charge on any atom is 0.227 e. The van der Waals surface area contributed by atoms with Gasteiger partial charge in [-0.15, -0.1) is 0 Å². The van der Waals surface area contributed by atoms with Crippen LogP contribution in [0.25, 0.3) is 0 Å². The van der Waals surface area contributed by atoms with Gasteiger partial charge in [-0.25, -0.2) is 0 Å². The van der Waals surface area contributed by atoms with Crippen LogP contribution < -0.4 is 5.73 Å². The molecule has 0 saturated carbocycles. The molecule has 1 atom stereocenters. The quantitative estimate of drug-likeness (QED) is 0.671. The molecule has 1 amide bonds. The fraction of sp³-hybridized carbons (Fsp3) is 0.889. The normalized spacial score (nSPS) is 14.2. The highest BCUT2D eigenvalue weighted by Gasteiger charge is 2.26. The van der Waals surface area contributed by atoms with Crippen molar-refractivity contribution < 1.29 is 4.79 Å². The van der Waals surface area contributed by atoms with Gasteiger partial charge >= 0.3 is 0 Å². The van der Waals surface area contributed by atoms with E-state index < -0.39 is 0 Å². The van der Waals surface area contributed by atoms with Gasteiger partial charge in [0.05, 0.1) is 0 Å². The molecule has 0 aliphatic rings. The van der Waals surface area contributed by atoms with E-state index in [1.165, 1.54) is 0 Å². The van der Waals surface area contributed by atoms with E-state index in [4.69, 9.17) is 5.73 Å². The van der Waals surface area contributed by atoms with Crippen molar-refractivity contribution in [1.29, 1.82) is 0 Å². The van der Waals surface area contributed by atoms with Crippen LogP contribution >= 0.6 is 0 Å². The molecule has 3 nitrogen and oxygen atoms in total. The van der Waals surface area contributed by atoms with E-state index in [9.17, 15) is 4.79 Å². The second-order valence-electron chi connectivity index (χ2n) is 4.25. The third-order valence-electron chi connectivity index (χ3n) is 1.96. The number of nitrogens with two attached hydrogens (primary N) is 1. The molecule has 0 aliphatic heterocycles. The van der Waals surface area contributed by atoms with E-state index in [2.05, 4.69) is 0 Å². The zero-order valence-corrected chi connectivity index (χ0v) is 8.72. The number of carbonyl (C=O) groups is 1. The largest absolute Gasteiger partial charge is 0.341 e. The molecule has 0 heterocycles. The molecule has 3 heteroatoms. The summed E-state index contributed by atoms with van der Waals surface area (Å²) in [6.07, 6.45) is 0. The minimum Gasteiger partial charge on any atom is -0.341 e. The molecule has 0 aromatic rings. The molecule has 0 saturated heterocycles. The van der Waals surface area contributed by atoms with E-state index in [1.807, 2.05) is 27.7 Å². The minimum absolute atomic E-state index is 0.122. The Morgan fingerprint density at radius 1 is 1.50 bits per heavy atom. The van der Waals surface area contributed by atoms with Crippen molar-refractivity contribution in [2.24, 2.45) is 11.1 Å². The van der Waals surface area contributed by atoms with Gasteiger partial charge in [0, 0.05) is 25.0 Å². The standard InChI is InChI=1S/C9H20N2O/c1-7(6-10)11(5)8(12)9(2,3)4/h7H,6,10H2,1-5H3. The lowest BCUT2D eigenvalue weighted by Gasteiger charge is -2.30. The second-order valence-corrected chi connectivity index (χ2v) is 4.25. The highest BCUT2D eigenvalue weighted by atomic mass is 16.2. The average Bonchev–Trinajstić information content (AvgIpc) is 1.98. The molecule has 0 fully saturated rings. The van der Waals surface area contributed by atoms with Crippen molar-refractivity contribution in [2.45, 2.75) is 33.7 Å². The Bertz CT molecular complexity index is 160. The van der Waals surface area contributed by atoms with Crippen LogP contribution in [0.3, 0.4) is 0 Å². The van der Waals surface area contributed by atoms with Gasteiger partial charge in [-0.1, -0.05) is 20.8 Å². The van der Waals surface area contributed by atoms with Crippen LogP contribution in [0.5, 0.6) is 0 Å². The number of carbonyl (C=O) groups excluding carboxylic acids is 1. The summed E-state index contributed by atoms with van der Waals surface area (Å²) in [5, 5.41) is 0. The van der Waals surface area contributed by atoms with E-state index >= 15 is 0 Å². The van der Waals surface area contributed by atoms with Gasteiger partial charge in [-0.2, -0.15) is 0 Å². The molecule has 0 aromatic carbocycles. The van der Waals surface area contributed by atoms with Gasteiger partial charge in [0.1, 0.15) is 0 Å². The highest BCUT2D eigenvalue weighted by Crippen LogP contribution is 2.17. The first-order valence-electron chi connectivity index (χ1n) is 4.28. The summed E-state index contributed by atoms with van der Waals surface area (Å²) in [7, 11) is 1.80. The molecule has 12 heavy (non-hydrogen) atoms. The maximum absolute atomic E-state index is 11.6. The highest BCUT2D eigenvalue weighted by molar-refractivity contribution is 5.81. The summed E-state index contributed by atoms with van der Waals surface area (Å²) >= 11 is 0. The van der Waals surface area contributed by atoms with E-state index in [0.29, 0.717) is 6.54 Å². The van der Waals surface area contributed by atoms with Crippen LogP contribution in [0.15, 0.2) is 0 Å². The first-order chi connectivity index (χ1) is 5.30. The lowest BCUT2D eigenvalue weighted by atomic mass is 9.94. The molecule has 0 spiro atoms. The van der Waals surface area contributed by atoms with Crippen molar-refractivity contribution in [3.05, 3.63) is 0 Å². The number of rotatable bonds is 2. The van der Waals surface area contributed by atoms with Crippen LogP contribution in [0.4, 0.5) is 0 Å². The van der Waals surface area contributed by atoms with Crippen LogP contribution in [0, 0.1) is 5.41 Å². The molecule has 0 aromatic heterocycles. The monoisotopic (exact) mass is 172 g/mol. The van der Waals surface area contributed by atoms with Crippen LogP contribution in [0.2, 0.25) is 0 Å².